The van der Waals surface area contributed by atoms with Crippen molar-refractivity contribution in [2.45, 2.75) is 19.1 Å². The third-order valence-electron chi connectivity index (χ3n) is 1.74. The van der Waals surface area contributed by atoms with Crippen molar-refractivity contribution in [3.05, 3.63) is 16.4 Å². The predicted molar refractivity (Wildman–Crippen MR) is 45.8 cm³/mol. The minimum Gasteiger partial charge on any atom is -0.324 e. The van der Waals surface area contributed by atoms with Crippen molar-refractivity contribution in [2.24, 2.45) is 12.8 Å². The molecule has 0 aromatic carbocycles. The number of hydrogen-bond donors (Lipinski definition) is 1. The van der Waals surface area contributed by atoms with Crippen LogP contribution in [0.25, 0.3) is 0 Å². The van der Waals surface area contributed by atoms with E-state index >= 15 is 0 Å². The minimum absolute atomic E-state index is 0.0766. The average Bonchev–Trinajstić information content (AvgIpc) is 2.27. The molecular formula is C7H9ClF3N3. The molecule has 0 radical (unpaired) electrons. The Morgan fingerprint density at radius 3 is 2.29 bits per heavy atom. The molecule has 0 aliphatic rings. The molecule has 0 spiro atoms. The molecule has 0 bridgehead atoms. The maximum absolute atomic E-state index is 12.4. The van der Waals surface area contributed by atoms with Gasteiger partial charge in [-0.05, 0) is 6.92 Å². The van der Waals surface area contributed by atoms with Gasteiger partial charge in [-0.25, -0.2) is 0 Å². The van der Waals surface area contributed by atoms with Crippen LogP contribution in [0.3, 0.4) is 0 Å². The Morgan fingerprint density at radius 2 is 2.00 bits per heavy atom. The highest BCUT2D eigenvalue weighted by Crippen LogP contribution is 2.36. The molecule has 14 heavy (non-hydrogen) atoms. The number of nitrogens with zero attached hydrogens (tertiary/aromatic N) is 2. The molecule has 1 atom stereocenters. The summed E-state index contributed by atoms with van der Waals surface area (Å²) < 4.78 is 38.2. The highest BCUT2D eigenvalue weighted by Gasteiger charge is 2.39. The number of aromatic nitrogens is 2. The second-order valence-electron chi connectivity index (χ2n) is 2.96. The van der Waals surface area contributed by atoms with Crippen molar-refractivity contribution in [1.29, 1.82) is 0 Å². The third-order valence-corrected chi connectivity index (χ3v) is 2.18. The minimum atomic E-state index is -4.52. The van der Waals surface area contributed by atoms with Gasteiger partial charge in [-0.15, -0.1) is 0 Å². The molecule has 1 heterocycles. The lowest BCUT2D eigenvalue weighted by molar-refractivity contribution is -0.142. The largest absolute Gasteiger partial charge is 0.435 e. The molecule has 0 aliphatic heterocycles. The van der Waals surface area contributed by atoms with Crippen LogP contribution in [0.1, 0.15) is 24.2 Å². The highest BCUT2D eigenvalue weighted by atomic mass is 35.5. The van der Waals surface area contributed by atoms with Crippen molar-refractivity contribution in [2.75, 3.05) is 0 Å². The second kappa shape index (κ2) is 3.43. The molecule has 0 unspecified atom stereocenters. The molecule has 0 saturated heterocycles. The van der Waals surface area contributed by atoms with E-state index in [9.17, 15) is 13.2 Å². The Balaban J connectivity index is 3.37. The fourth-order valence-electron chi connectivity index (χ4n) is 1.13. The number of rotatable bonds is 1. The Bertz CT molecular complexity index is 343. The van der Waals surface area contributed by atoms with Crippen molar-refractivity contribution >= 4 is 11.6 Å². The zero-order valence-corrected chi connectivity index (χ0v) is 8.32. The van der Waals surface area contributed by atoms with Gasteiger partial charge in [-0.2, -0.15) is 18.3 Å². The lowest BCUT2D eigenvalue weighted by Crippen LogP contribution is -2.14. The van der Waals surface area contributed by atoms with Crippen LogP contribution in [0.2, 0.25) is 5.15 Å². The molecule has 3 nitrogen and oxygen atoms in total. The second-order valence-corrected chi connectivity index (χ2v) is 3.32. The van der Waals surface area contributed by atoms with Crippen molar-refractivity contribution in [3.8, 4) is 0 Å². The van der Waals surface area contributed by atoms with Crippen molar-refractivity contribution in [1.82, 2.24) is 9.78 Å². The third kappa shape index (κ3) is 1.85. The lowest BCUT2D eigenvalue weighted by atomic mass is 10.1. The molecule has 1 aromatic heterocycles. The maximum Gasteiger partial charge on any atom is 0.435 e. The van der Waals surface area contributed by atoms with Crippen LogP contribution in [0.15, 0.2) is 0 Å². The van der Waals surface area contributed by atoms with Gasteiger partial charge in [0.15, 0.2) is 5.69 Å². The standard InChI is InChI=1S/C7H9ClF3N3/c1-3(12)4-5(7(9,10)11)13-14(2)6(4)8/h3H,12H2,1-2H3/t3-/m0/s1. The Labute approximate surface area is 83.6 Å². The molecule has 7 heteroatoms. The summed E-state index contributed by atoms with van der Waals surface area (Å²) in [6.07, 6.45) is -4.52. The molecule has 0 amide bonds. The van der Waals surface area contributed by atoms with Crippen LogP contribution in [0.4, 0.5) is 13.2 Å². The SMILES string of the molecule is C[C@H](N)c1c(C(F)(F)F)nn(C)c1Cl. The molecule has 2 N–H and O–H groups in total. The van der Waals surface area contributed by atoms with E-state index in [0.29, 0.717) is 0 Å². The topological polar surface area (TPSA) is 43.8 Å². The van der Waals surface area contributed by atoms with Crippen LogP contribution >= 0.6 is 11.6 Å². The van der Waals surface area contributed by atoms with Gasteiger partial charge in [0.05, 0.1) is 0 Å². The molecule has 0 aliphatic carbocycles. The van der Waals surface area contributed by atoms with Gasteiger partial charge < -0.3 is 5.73 Å². The lowest BCUT2D eigenvalue weighted by Gasteiger charge is -2.08. The zero-order valence-electron chi connectivity index (χ0n) is 7.56. The van der Waals surface area contributed by atoms with E-state index in [0.717, 1.165) is 4.68 Å². The van der Waals surface area contributed by atoms with Gasteiger partial charge in [0.2, 0.25) is 0 Å². The fourth-order valence-corrected chi connectivity index (χ4v) is 1.43. The first kappa shape index (κ1) is 11.3. The van der Waals surface area contributed by atoms with E-state index in [1.54, 1.807) is 0 Å². The van der Waals surface area contributed by atoms with Gasteiger partial charge in [-0.1, -0.05) is 11.6 Å². The summed E-state index contributed by atoms with van der Waals surface area (Å²) in [6, 6.07) is -0.798. The predicted octanol–water partition coefficient (Wildman–Crippen LogP) is 2.11. The van der Waals surface area contributed by atoms with Crippen molar-refractivity contribution in [3.63, 3.8) is 0 Å². The van der Waals surface area contributed by atoms with E-state index in [1.807, 2.05) is 0 Å². The van der Waals surface area contributed by atoms with Gasteiger partial charge in [0.1, 0.15) is 5.15 Å². The number of halogens is 4. The summed E-state index contributed by atoms with van der Waals surface area (Å²) in [5.41, 5.74) is 4.21. The van der Waals surface area contributed by atoms with Gasteiger partial charge in [0, 0.05) is 18.7 Å². The number of nitrogens with two attached hydrogens (primary N) is 1. The molecular weight excluding hydrogens is 219 g/mol. The van der Waals surface area contributed by atoms with E-state index < -0.39 is 17.9 Å². The summed E-state index contributed by atoms with van der Waals surface area (Å²) in [5, 5.41) is 3.21. The first-order valence-electron chi connectivity index (χ1n) is 3.80. The van der Waals surface area contributed by atoms with Gasteiger partial charge >= 0.3 is 6.18 Å². The summed E-state index contributed by atoms with van der Waals surface area (Å²) in [6.45, 7) is 1.43. The zero-order chi connectivity index (χ0) is 11.1. The van der Waals surface area contributed by atoms with Gasteiger partial charge in [-0.3, -0.25) is 4.68 Å². The summed E-state index contributed by atoms with van der Waals surface area (Å²) in [7, 11) is 1.34. The van der Waals surface area contributed by atoms with E-state index in [-0.39, 0.29) is 10.7 Å². The molecule has 0 saturated carbocycles. The van der Waals surface area contributed by atoms with E-state index in [1.165, 1.54) is 14.0 Å². The smallest absolute Gasteiger partial charge is 0.324 e. The monoisotopic (exact) mass is 227 g/mol. The number of hydrogen-bond acceptors (Lipinski definition) is 2. The normalized spacial score (nSPS) is 14.5. The Morgan fingerprint density at radius 1 is 1.50 bits per heavy atom. The van der Waals surface area contributed by atoms with Crippen LogP contribution in [0.5, 0.6) is 0 Å². The van der Waals surface area contributed by atoms with Crippen LogP contribution in [-0.2, 0) is 13.2 Å². The quantitative estimate of drug-likeness (QED) is 0.799. The first-order valence-corrected chi connectivity index (χ1v) is 4.18. The van der Waals surface area contributed by atoms with Crippen LogP contribution in [-0.4, -0.2) is 9.78 Å². The first-order chi connectivity index (χ1) is 6.25. The van der Waals surface area contributed by atoms with Crippen molar-refractivity contribution < 1.29 is 13.2 Å². The van der Waals surface area contributed by atoms with E-state index in [2.05, 4.69) is 5.10 Å². The maximum atomic E-state index is 12.4. The number of aryl methyl sites for hydroxylation is 1. The highest BCUT2D eigenvalue weighted by molar-refractivity contribution is 6.30. The number of alkyl halides is 3. The summed E-state index contributed by atoms with van der Waals surface area (Å²) in [5.74, 6) is 0. The molecule has 0 fully saturated rings. The van der Waals surface area contributed by atoms with E-state index in [4.69, 9.17) is 17.3 Å². The Hall–Kier alpha value is -0.750. The molecule has 80 valence electrons. The average molecular weight is 228 g/mol. The fraction of sp³-hybridized carbons (Fsp3) is 0.571. The summed E-state index contributed by atoms with van der Waals surface area (Å²) >= 11 is 5.64. The van der Waals surface area contributed by atoms with Gasteiger partial charge in [0.25, 0.3) is 0 Å². The van der Waals surface area contributed by atoms with Crippen LogP contribution in [0, 0.1) is 0 Å². The van der Waals surface area contributed by atoms with Crippen LogP contribution < -0.4 is 5.73 Å². The molecule has 1 rings (SSSR count). The Kier molecular flexibility index (Phi) is 2.78. The molecule has 1 aromatic rings. The summed E-state index contributed by atoms with van der Waals surface area (Å²) in [4.78, 5) is 0.